The molecule has 0 aromatic carbocycles. The van der Waals surface area contributed by atoms with Gasteiger partial charge in [0, 0.05) is 36.8 Å². The molecule has 0 amide bonds. The molecule has 0 spiro atoms. The molecular weight excluding hydrogens is 220 g/mol. The van der Waals surface area contributed by atoms with E-state index in [1.165, 1.54) is 5.56 Å². The van der Waals surface area contributed by atoms with Gasteiger partial charge in [-0.15, -0.1) is 11.3 Å². The molecule has 0 bridgehead atoms. The highest BCUT2D eigenvalue weighted by Gasteiger charge is 2.09. The summed E-state index contributed by atoms with van der Waals surface area (Å²) >= 11 is 1.68. The lowest BCUT2D eigenvalue weighted by molar-refractivity contribution is 0.660. The van der Waals surface area contributed by atoms with Crippen molar-refractivity contribution in [2.75, 3.05) is 0 Å². The van der Waals surface area contributed by atoms with Crippen LogP contribution in [0, 0.1) is 6.92 Å². The molecule has 1 unspecified atom stereocenters. The van der Waals surface area contributed by atoms with E-state index in [4.69, 9.17) is 5.73 Å². The first-order valence-electron chi connectivity index (χ1n) is 5.27. The van der Waals surface area contributed by atoms with Gasteiger partial charge in [0.2, 0.25) is 0 Å². The van der Waals surface area contributed by atoms with E-state index in [1.54, 1.807) is 16.0 Å². The standard InChI is InChI=1S/C11H16N4S/c1-8-7-16-11(14-8)4-10(12)3-9-5-13-15(2)6-9/h5-7,10H,3-4,12H2,1-2H3. The molecule has 2 rings (SSSR count). The molecule has 0 fully saturated rings. The van der Waals surface area contributed by atoms with E-state index in [0.29, 0.717) is 0 Å². The van der Waals surface area contributed by atoms with Crippen LogP contribution in [0.1, 0.15) is 16.3 Å². The van der Waals surface area contributed by atoms with Crippen molar-refractivity contribution in [3.05, 3.63) is 34.0 Å². The zero-order chi connectivity index (χ0) is 11.5. The van der Waals surface area contributed by atoms with Crippen LogP contribution < -0.4 is 5.73 Å². The Morgan fingerprint density at radius 1 is 1.50 bits per heavy atom. The van der Waals surface area contributed by atoms with Crippen molar-refractivity contribution < 1.29 is 0 Å². The molecule has 5 heteroatoms. The molecule has 1 atom stereocenters. The van der Waals surface area contributed by atoms with E-state index < -0.39 is 0 Å². The highest BCUT2D eigenvalue weighted by atomic mass is 32.1. The number of aryl methyl sites for hydroxylation is 2. The molecule has 0 aliphatic carbocycles. The maximum Gasteiger partial charge on any atom is 0.0943 e. The Hall–Kier alpha value is -1.20. The molecule has 2 N–H and O–H groups in total. The second-order valence-electron chi connectivity index (χ2n) is 4.07. The SMILES string of the molecule is Cc1csc(CC(N)Cc2cnn(C)c2)n1. The van der Waals surface area contributed by atoms with Crippen LogP contribution in [0.2, 0.25) is 0 Å². The number of nitrogens with zero attached hydrogens (tertiary/aromatic N) is 3. The van der Waals surface area contributed by atoms with Crippen LogP contribution >= 0.6 is 11.3 Å². The van der Waals surface area contributed by atoms with Gasteiger partial charge in [0.15, 0.2) is 0 Å². The van der Waals surface area contributed by atoms with Crippen LogP contribution in [0.5, 0.6) is 0 Å². The van der Waals surface area contributed by atoms with Crippen LogP contribution in [0.15, 0.2) is 17.8 Å². The molecule has 0 saturated carbocycles. The first-order chi connectivity index (χ1) is 7.63. The van der Waals surface area contributed by atoms with Gasteiger partial charge in [0.25, 0.3) is 0 Å². The third-order valence-corrected chi connectivity index (χ3v) is 3.35. The lowest BCUT2D eigenvalue weighted by Gasteiger charge is -2.07. The van der Waals surface area contributed by atoms with Gasteiger partial charge in [-0.05, 0) is 18.9 Å². The highest BCUT2D eigenvalue weighted by molar-refractivity contribution is 7.09. The van der Waals surface area contributed by atoms with Crippen LogP contribution in [0.3, 0.4) is 0 Å². The summed E-state index contributed by atoms with van der Waals surface area (Å²) in [4.78, 5) is 4.42. The maximum atomic E-state index is 6.09. The number of rotatable bonds is 4. The number of nitrogens with two attached hydrogens (primary N) is 1. The van der Waals surface area contributed by atoms with Crippen LogP contribution in [-0.4, -0.2) is 20.8 Å². The first-order valence-corrected chi connectivity index (χ1v) is 6.15. The zero-order valence-corrected chi connectivity index (χ0v) is 10.4. The monoisotopic (exact) mass is 236 g/mol. The van der Waals surface area contributed by atoms with Gasteiger partial charge in [-0.3, -0.25) is 4.68 Å². The lowest BCUT2D eigenvalue weighted by Crippen LogP contribution is -2.25. The fourth-order valence-electron chi connectivity index (χ4n) is 1.67. The van der Waals surface area contributed by atoms with E-state index in [1.807, 2.05) is 26.4 Å². The predicted molar refractivity (Wildman–Crippen MR) is 65.4 cm³/mol. The second kappa shape index (κ2) is 4.76. The van der Waals surface area contributed by atoms with Gasteiger partial charge in [-0.2, -0.15) is 5.10 Å². The number of thiazole rings is 1. The average Bonchev–Trinajstić information content (AvgIpc) is 2.76. The Labute approximate surface area is 99.1 Å². The molecule has 0 aliphatic heterocycles. The van der Waals surface area contributed by atoms with Gasteiger partial charge in [-0.1, -0.05) is 0 Å². The van der Waals surface area contributed by atoms with Crippen LogP contribution in [0.4, 0.5) is 0 Å². The average molecular weight is 236 g/mol. The summed E-state index contributed by atoms with van der Waals surface area (Å²) in [6.07, 6.45) is 5.57. The smallest absolute Gasteiger partial charge is 0.0943 e. The summed E-state index contributed by atoms with van der Waals surface area (Å²) in [7, 11) is 1.92. The number of hydrogen-bond donors (Lipinski definition) is 1. The maximum absolute atomic E-state index is 6.09. The molecule has 2 aromatic rings. The Kier molecular flexibility index (Phi) is 3.36. The summed E-state index contributed by atoms with van der Waals surface area (Å²) < 4.78 is 1.80. The van der Waals surface area contributed by atoms with E-state index >= 15 is 0 Å². The van der Waals surface area contributed by atoms with Crippen LogP contribution in [0.25, 0.3) is 0 Å². The molecule has 4 nitrogen and oxygen atoms in total. The topological polar surface area (TPSA) is 56.7 Å². The molecule has 0 radical (unpaired) electrons. The largest absolute Gasteiger partial charge is 0.327 e. The Morgan fingerprint density at radius 3 is 2.88 bits per heavy atom. The van der Waals surface area contributed by atoms with E-state index in [0.717, 1.165) is 23.5 Å². The minimum atomic E-state index is 0.120. The summed E-state index contributed by atoms with van der Waals surface area (Å²) in [5.74, 6) is 0. The lowest BCUT2D eigenvalue weighted by atomic mass is 10.1. The minimum Gasteiger partial charge on any atom is -0.327 e. The van der Waals surface area contributed by atoms with Gasteiger partial charge in [0.05, 0.1) is 11.2 Å². The third kappa shape index (κ3) is 2.90. The fourth-order valence-corrected chi connectivity index (χ4v) is 2.54. The van der Waals surface area contributed by atoms with Crippen molar-refractivity contribution in [1.29, 1.82) is 0 Å². The van der Waals surface area contributed by atoms with Gasteiger partial charge < -0.3 is 5.73 Å². The summed E-state index contributed by atoms with van der Waals surface area (Å²) in [6.45, 7) is 2.01. The van der Waals surface area contributed by atoms with Crippen molar-refractivity contribution in [1.82, 2.24) is 14.8 Å². The third-order valence-electron chi connectivity index (χ3n) is 2.36. The van der Waals surface area contributed by atoms with Crippen molar-refractivity contribution >= 4 is 11.3 Å². The van der Waals surface area contributed by atoms with Crippen molar-refractivity contribution in [2.24, 2.45) is 12.8 Å². The van der Waals surface area contributed by atoms with E-state index in [2.05, 4.69) is 15.5 Å². The van der Waals surface area contributed by atoms with Gasteiger partial charge in [0.1, 0.15) is 0 Å². The summed E-state index contributed by atoms with van der Waals surface area (Å²) in [6, 6.07) is 0.120. The molecular formula is C11H16N4S. The molecule has 2 aromatic heterocycles. The Morgan fingerprint density at radius 2 is 2.31 bits per heavy atom. The summed E-state index contributed by atoms with van der Waals surface area (Å²) in [5.41, 5.74) is 8.35. The quantitative estimate of drug-likeness (QED) is 0.870. The predicted octanol–water partition coefficient (Wildman–Crippen LogP) is 1.30. The van der Waals surface area contributed by atoms with Crippen molar-refractivity contribution in [3.8, 4) is 0 Å². The Balaban J connectivity index is 1.91. The molecule has 2 heterocycles. The van der Waals surface area contributed by atoms with E-state index in [-0.39, 0.29) is 6.04 Å². The highest BCUT2D eigenvalue weighted by Crippen LogP contribution is 2.12. The first kappa shape index (κ1) is 11.3. The van der Waals surface area contributed by atoms with E-state index in [9.17, 15) is 0 Å². The molecule has 0 saturated heterocycles. The second-order valence-corrected chi connectivity index (χ2v) is 5.02. The van der Waals surface area contributed by atoms with Crippen molar-refractivity contribution in [3.63, 3.8) is 0 Å². The minimum absolute atomic E-state index is 0.120. The number of aromatic nitrogens is 3. The Bertz CT molecular complexity index is 418. The van der Waals surface area contributed by atoms with Gasteiger partial charge >= 0.3 is 0 Å². The van der Waals surface area contributed by atoms with Crippen LogP contribution in [-0.2, 0) is 19.9 Å². The van der Waals surface area contributed by atoms with Crippen molar-refractivity contribution in [2.45, 2.75) is 25.8 Å². The summed E-state index contributed by atoms with van der Waals surface area (Å²) in [5, 5.41) is 7.31. The number of hydrogen-bond acceptors (Lipinski definition) is 4. The molecule has 86 valence electrons. The van der Waals surface area contributed by atoms with Gasteiger partial charge in [-0.25, -0.2) is 4.98 Å². The molecule has 0 aliphatic rings. The normalized spacial score (nSPS) is 12.9. The zero-order valence-electron chi connectivity index (χ0n) is 9.55. The molecule has 16 heavy (non-hydrogen) atoms. The fraction of sp³-hybridized carbons (Fsp3) is 0.455.